The van der Waals surface area contributed by atoms with Gasteiger partial charge < -0.3 is 20.7 Å². The van der Waals surface area contributed by atoms with Crippen molar-refractivity contribution in [3.63, 3.8) is 0 Å². The van der Waals surface area contributed by atoms with E-state index in [1.165, 1.54) is 6.42 Å². The Balaban J connectivity index is 2.20. The van der Waals surface area contributed by atoms with Crippen molar-refractivity contribution >= 4 is 28.4 Å². The molecule has 3 rings (SSSR count). The maximum atomic E-state index is 9.45. The first-order chi connectivity index (χ1) is 11.4. The van der Waals surface area contributed by atoms with Crippen LogP contribution in [0.5, 0.6) is 0 Å². The maximum absolute atomic E-state index is 9.45. The molecule has 24 heavy (non-hydrogen) atoms. The van der Waals surface area contributed by atoms with Gasteiger partial charge in [0, 0.05) is 18.3 Å². The summed E-state index contributed by atoms with van der Waals surface area (Å²) in [5, 5.41) is 10.5. The molecular formula is C18H25N5O. The standard InChI is InChI=1S/C18H25N5O/c1-10(9-12(3)24)15-13(4)14-16(20-15)21-18(19)22-17(14)23-8-6-5-7-11(23)2/h9,11,24H,3,5-8H2,1-2,4H3,(H3,19,20,21,22)/b10-9-. The van der Waals surface area contributed by atoms with Crippen LogP contribution in [-0.4, -0.2) is 32.6 Å². The predicted molar refractivity (Wildman–Crippen MR) is 99.1 cm³/mol. The average molecular weight is 327 g/mol. The van der Waals surface area contributed by atoms with Gasteiger partial charge in [-0.05, 0) is 57.2 Å². The number of aliphatic hydroxyl groups excluding tert-OH is 1. The number of fused-ring (bicyclic) bond motifs is 1. The minimum atomic E-state index is 0.0287. The van der Waals surface area contributed by atoms with Crippen LogP contribution in [0.15, 0.2) is 18.4 Å². The fourth-order valence-corrected chi connectivity index (χ4v) is 3.58. The van der Waals surface area contributed by atoms with Gasteiger partial charge in [-0.25, -0.2) is 0 Å². The minimum Gasteiger partial charge on any atom is -0.509 e. The number of aliphatic hydroxyl groups is 1. The van der Waals surface area contributed by atoms with Crippen LogP contribution >= 0.6 is 0 Å². The number of hydrogen-bond donors (Lipinski definition) is 3. The summed E-state index contributed by atoms with van der Waals surface area (Å²) in [5.41, 5.74) is 9.57. The SMILES string of the molecule is C=C(O)/C=C(/C)c1[nH]c2nc(N)nc(N3CCCCC3C)c2c1C. The Hall–Kier alpha value is -2.50. The molecule has 1 atom stereocenters. The van der Waals surface area contributed by atoms with Crippen molar-refractivity contribution in [2.24, 2.45) is 0 Å². The molecule has 0 amide bonds. The Morgan fingerprint density at radius 3 is 2.83 bits per heavy atom. The molecule has 1 aliphatic heterocycles. The Morgan fingerprint density at radius 2 is 2.17 bits per heavy atom. The number of rotatable bonds is 3. The molecule has 2 aromatic rings. The number of aromatic amines is 1. The molecule has 128 valence electrons. The van der Waals surface area contributed by atoms with E-state index < -0.39 is 0 Å². The van der Waals surface area contributed by atoms with Crippen LogP contribution in [0, 0.1) is 6.92 Å². The van der Waals surface area contributed by atoms with Crippen LogP contribution in [-0.2, 0) is 0 Å². The number of nitrogen functional groups attached to an aromatic ring is 1. The number of aromatic nitrogens is 3. The molecule has 0 aliphatic carbocycles. The summed E-state index contributed by atoms with van der Waals surface area (Å²) < 4.78 is 0. The summed E-state index contributed by atoms with van der Waals surface area (Å²) in [4.78, 5) is 14.6. The highest BCUT2D eigenvalue weighted by Gasteiger charge is 2.25. The monoisotopic (exact) mass is 327 g/mol. The van der Waals surface area contributed by atoms with E-state index in [0.29, 0.717) is 6.04 Å². The average Bonchev–Trinajstić information content (AvgIpc) is 2.83. The van der Waals surface area contributed by atoms with Gasteiger partial charge >= 0.3 is 0 Å². The summed E-state index contributed by atoms with van der Waals surface area (Å²) in [5.74, 6) is 1.21. The third kappa shape index (κ3) is 2.84. The number of aryl methyl sites for hydroxylation is 1. The Bertz CT molecular complexity index is 820. The van der Waals surface area contributed by atoms with Crippen LogP contribution in [0.4, 0.5) is 11.8 Å². The second kappa shape index (κ2) is 6.19. The van der Waals surface area contributed by atoms with Gasteiger partial charge in [0.2, 0.25) is 5.95 Å². The number of nitrogens with zero attached hydrogens (tertiary/aromatic N) is 3. The molecule has 1 unspecified atom stereocenters. The first-order valence-electron chi connectivity index (χ1n) is 8.37. The lowest BCUT2D eigenvalue weighted by Crippen LogP contribution is -2.38. The lowest BCUT2D eigenvalue weighted by atomic mass is 10.0. The van der Waals surface area contributed by atoms with Crippen LogP contribution < -0.4 is 10.6 Å². The van der Waals surface area contributed by atoms with Gasteiger partial charge in [0.05, 0.1) is 5.39 Å². The number of hydrogen-bond acceptors (Lipinski definition) is 5. The van der Waals surface area contributed by atoms with Crippen molar-refractivity contribution in [3.8, 4) is 0 Å². The summed E-state index contributed by atoms with van der Waals surface area (Å²) in [6, 6.07) is 0.433. The number of nitrogens with two attached hydrogens (primary N) is 1. The largest absolute Gasteiger partial charge is 0.509 e. The van der Waals surface area contributed by atoms with E-state index in [2.05, 4.69) is 33.4 Å². The van der Waals surface area contributed by atoms with E-state index in [4.69, 9.17) is 5.73 Å². The van der Waals surface area contributed by atoms with E-state index in [0.717, 1.165) is 53.1 Å². The lowest BCUT2D eigenvalue weighted by molar-refractivity contribution is 0.435. The van der Waals surface area contributed by atoms with Crippen molar-refractivity contribution in [2.45, 2.75) is 46.1 Å². The molecule has 1 fully saturated rings. The molecule has 1 saturated heterocycles. The topological polar surface area (TPSA) is 91.1 Å². The van der Waals surface area contributed by atoms with Crippen LogP contribution in [0.1, 0.15) is 44.4 Å². The van der Waals surface area contributed by atoms with Crippen molar-refractivity contribution in [1.82, 2.24) is 15.0 Å². The highest BCUT2D eigenvalue weighted by atomic mass is 16.3. The number of piperidine rings is 1. The van der Waals surface area contributed by atoms with Crippen molar-refractivity contribution in [1.29, 1.82) is 0 Å². The van der Waals surface area contributed by atoms with Crippen LogP contribution in [0.2, 0.25) is 0 Å². The van der Waals surface area contributed by atoms with Gasteiger partial charge in [-0.2, -0.15) is 9.97 Å². The molecular weight excluding hydrogens is 302 g/mol. The third-order valence-electron chi connectivity index (χ3n) is 4.75. The summed E-state index contributed by atoms with van der Waals surface area (Å²) >= 11 is 0. The van der Waals surface area contributed by atoms with Crippen LogP contribution in [0.3, 0.4) is 0 Å². The summed E-state index contributed by atoms with van der Waals surface area (Å²) in [6.07, 6.45) is 5.21. The summed E-state index contributed by atoms with van der Waals surface area (Å²) in [6.45, 7) is 10.7. The van der Waals surface area contributed by atoms with E-state index in [9.17, 15) is 5.11 Å². The first-order valence-corrected chi connectivity index (χ1v) is 8.37. The second-order valence-electron chi connectivity index (χ2n) is 6.61. The van der Waals surface area contributed by atoms with E-state index >= 15 is 0 Å². The molecule has 0 radical (unpaired) electrons. The Kier molecular flexibility index (Phi) is 4.22. The number of H-pyrrole nitrogens is 1. The van der Waals surface area contributed by atoms with Crippen molar-refractivity contribution in [2.75, 3.05) is 17.2 Å². The smallest absolute Gasteiger partial charge is 0.223 e. The van der Waals surface area contributed by atoms with Gasteiger partial charge in [-0.3, -0.25) is 0 Å². The summed E-state index contributed by atoms with van der Waals surface area (Å²) in [7, 11) is 0. The quantitative estimate of drug-likeness (QED) is 0.590. The normalized spacial score (nSPS) is 19.0. The Labute approximate surface area is 142 Å². The molecule has 2 aromatic heterocycles. The Morgan fingerprint density at radius 1 is 1.42 bits per heavy atom. The van der Waals surface area contributed by atoms with E-state index in [1.54, 1.807) is 6.08 Å². The fourth-order valence-electron chi connectivity index (χ4n) is 3.58. The zero-order valence-electron chi connectivity index (χ0n) is 14.6. The lowest BCUT2D eigenvalue weighted by Gasteiger charge is -2.34. The first kappa shape index (κ1) is 16.4. The van der Waals surface area contributed by atoms with Crippen LogP contribution in [0.25, 0.3) is 16.6 Å². The van der Waals surface area contributed by atoms with Gasteiger partial charge in [-0.1, -0.05) is 6.58 Å². The molecule has 1 aliphatic rings. The molecule has 0 saturated carbocycles. The molecule has 0 spiro atoms. The number of anilines is 2. The highest BCUT2D eigenvalue weighted by Crippen LogP contribution is 2.35. The van der Waals surface area contributed by atoms with Crippen molar-refractivity contribution in [3.05, 3.63) is 29.7 Å². The second-order valence-corrected chi connectivity index (χ2v) is 6.61. The molecule has 3 heterocycles. The number of allylic oxidation sites excluding steroid dienone is 2. The molecule has 0 bridgehead atoms. The fraction of sp³-hybridized carbons (Fsp3) is 0.444. The molecule has 6 heteroatoms. The van der Waals surface area contributed by atoms with E-state index in [1.807, 2.05) is 13.8 Å². The molecule has 4 N–H and O–H groups in total. The van der Waals surface area contributed by atoms with E-state index in [-0.39, 0.29) is 11.7 Å². The van der Waals surface area contributed by atoms with Gasteiger partial charge in [0.1, 0.15) is 17.2 Å². The number of nitrogens with one attached hydrogen (secondary N) is 1. The third-order valence-corrected chi connectivity index (χ3v) is 4.75. The van der Waals surface area contributed by atoms with Gasteiger partial charge in [-0.15, -0.1) is 0 Å². The van der Waals surface area contributed by atoms with Crippen molar-refractivity contribution < 1.29 is 5.11 Å². The van der Waals surface area contributed by atoms with Gasteiger partial charge in [0.25, 0.3) is 0 Å². The minimum absolute atomic E-state index is 0.0287. The molecule has 0 aromatic carbocycles. The predicted octanol–water partition coefficient (Wildman–Crippen LogP) is 3.70. The van der Waals surface area contributed by atoms with Gasteiger partial charge in [0.15, 0.2) is 0 Å². The highest BCUT2D eigenvalue weighted by molar-refractivity contribution is 5.95. The zero-order valence-corrected chi connectivity index (χ0v) is 14.6. The maximum Gasteiger partial charge on any atom is 0.223 e. The molecule has 6 nitrogen and oxygen atoms in total. The zero-order chi connectivity index (χ0) is 17.4.